The van der Waals surface area contributed by atoms with E-state index in [0.29, 0.717) is 18.6 Å². The van der Waals surface area contributed by atoms with Crippen molar-refractivity contribution in [3.63, 3.8) is 0 Å². The highest BCUT2D eigenvalue weighted by atomic mass is 16.3. The quantitative estimate of drug-likeness (QED) is 0.385. The third kappa shape index (κ3) is 3.90. The number of nitrogens with one attached hydrogen (secondary N) is 1. The van der Waals surface area contributed by atoms with Gasteiger partial charge in [0, 0.05) is 53.0 Å². The summed E-state index contributed by atoms with van der Waals surface area (Å²) in [6.07, 6.45) is 8.91. The van der Waals surface area contributed by atoms with Gasteiger partial charge in [-0.05, 0) is 80.6 Å². The summed E-state index contributed by atoms with van der Waals surface area (Å²) < 4.78 is 0. The van der Waals surface area contributed by atoms with Crippen molar-refractivity contribution in [2.45, 2.75) is 60.3 Å². The predicted octanol–water partition coefficient (Wildman–Crippen LogP) is 5.42. The third-order valence-electron chi connectivity index (χ3n) is 9.01. The van der Waals surface area contributed by atoms with Crippen LogP contribution in [0.15, 0.2) is 106 Å². The number of allylic oxidation sites excluding steroid dienone is 11. The van der Waals surface area contributed by atoms with Gasteiger partial charge in [0.05, 0.1) is 40.8 Å². The Morgan fingerprint density at radius 3 is 2.31 bits per heavy atom. The highest BCUT2D eigenvalue weighted by molar-refractivity contribution is 6.21. The van der Waals surface area contributed by atoms with Gasteiger partial charge in [0.1, 0.15) is 5.76 Å². The third-order valence-corrected chi connectivity index (χ3v) is 9.01. The lowest BCUT2D eigenvalue weighted by Gasteiger charge is -2.17. The number of rotatable bonds is 5. The highest BCUT2D eigenvalue weighted by Gasteiger charge is 2.41. The normalized spacial score (nSPS) is 25.9. The van der Waals surface area contributed by atoms with Gasteiger partial charge in [0.25, 0.3) is 0 Å². The van der Waals surface area contributed by atoms with E-state index < -0.39 is 0 Å². The molecule has 5 heterocycles. The van der Waals surface area contributed by atoms with Crippen LogP contribution in [0, 0.1) is 11.8 Å². The molecule has 6 aliphatic rings. The number of aliphatic hydroxyl groups excluding tert-OH is 3. The summed E-state index contributed by atoms with van der Waals surface area (Å²) in [5.41, 5.74) is 13.9. The van der Waals surface area contributed by atoms with Crippen LogP contribution < -0.4 is 5.32 Å². The van der Waals surface area contributed by atoms with E-state index in [1.54, 1.807) is 0 Å². The van der Waals surface area contributed by atoms with E-state index in [4.69, 9.17) is 15.0 Å². The number of aliphatic hydroxyl groups is 3. The molecule has 202 valence electrons. The average Bonchev–Trinajstić information content (AvgIpc) is 3.65. The Morgan fingerprint density at radius 1 is 0.923 bits per heavy atom. The molecule has 6 rings (SSSR count). The summed E-state index contributed by atoms with van der Waals surface area (Å²) in [4.78, 5) is 15.1. The van der Waals surface area contributed by atoms with Crippen molar-refractivity contribution in [1.82, 2.24) is 5.32 Å². The Hall–Kier alpha value is -3.55. The lowest BCUT2D eigenvalue weighted by atomic mass is 9.86. The van der Waals surface area contributed by atoms with Crippen LogP contribution in [0.2, 0.25) is 0 Å². The minimum absolute atomic E-state index is 0.0956. The lowest BCUT2D eigenvalue weighted by Crippen LogP contribution is -2.15. The molecule has 0 spiro atoms. The van der Waals surface area contributed by atoms with Crippen LogP contribution >= 0.6 is 0 Å². The van der Waals surface area contributed by atoms with Crippen LogP contribution in [-0.4, -0.2) is 45.7 Å². The molecule has 1 saturated heterocycles. The van der Waals surface area contributed by atoms with Gasteiger partial charge in [-0.1, -0.05) is 13.8 Å². The molecule has 8 bridgehead atoms. The van der Waals surface area contributed by atoms with E-state index in [-0.39, 0.29) is 25.0 Å². The zero-order valence-corrected chi connectivity index (χ0v) is 23.3. The maximum atomic E-state index is 11.1. The van der Waals surface area contributed by atoms with Crippen molar-refractivity contribution < 1.29 is 15.3 Å². The molecule has 2 unspecified atom stereocenters. The van der Waals surface area contributed by atoms with Crippen LogP contribution in [0.3, 0.4) is 0 Å². The summed E-state index contributed by atoms with van der Waals surface area (Å²) in [5, 5.41) is 34.7. The molecule has 7 nitrogen and oxygen atoms in total. The molecule has 1 fully saturated rings. The second-order valence-corrected chi connectivity index (χ2v) is 11.1. The van der Waals surface area contributed by atoms with Crippen molar-refractivity contribution in [2.24, 2.45) is 26.8 Å². The largest absolute Gasteiger partial charge is 0.511 e. The van der Waals surface area contributed by atoms with Gasteiger partial charge in [-0.3, -0.25) is 0 Å². The number of aliphatic imine (C=N–C) groups is 3. The number of hydrogen-bond donors (Lipinski definition) is 4. The number of hydrogen-bond acceptors (Lipinski definition) is 7. The molecular formula is C32H36N4O3. The first kappa shape index (κ1) is 25.7. The average molecular weight is 525 g/mol. The van der Waals surface area contributed by atoms with Crippen LogP contribution in [0.5, 0.6) is 0 Å². The molecular weight excluding hydrogens is 488 g/mol. The Kier molecular flexibility index (Phi) is 6.31. The maximum Gasteiger partial charge on any atom is 0.106 e. The molecule has 0 aromatic heterocycles. The standard InChI is InChI=1S/C32H36N4O3/c1-6-19-15(2)24-12-28-22(14-38)17(4)23(34-28)11-25-16(3)20(8-7-9-37)31(35-25)21-10-29(39)30-18(5)26(36-32(21)30)13-27(19)33-24/h11-13,16,20,35,37-39H,6-10,14H2,1-5H3. The molecule has 0 saturated carbocycles. The first-order valence-electron chi connectivity index (χ1n) is 13.9. The van der Waals surface area contributed by atoms with Gasteiger partial charge in [-0.25, -0.2) is 15.0 Å². The van der Waals surface area contributed by atoms with Gasteiger partial charge in [0.2, 0.25) is 0 Å². The van der Waals surface area contributed by atoms with Crippen molar-refractivity contribution >= 4 is 17.1 Å². The second kappa shape index (κ2) is 9.57. The Morgan fingerprint density at radius 2 is 1.62 bits per heavy atom. The second-order valence-electron chi connectivity index (χ2n) is 11.1. The minimum Gasteiger partial charge on any atom is -0.511 e. The number of fused-ring (bicyclic) bond motifs is 5. The van der Waals surface area contributed by atoms with Crippen LogP contribution in [0.1, 0.15) is 60.3 Å². The molecule has 4 N–H and O–H groups in total. The summed E-state index contributed by atoms with van der Waals surface area (Å²) in [6, 6.07) is 0. The molecule has 5 aliphatic heterocycles. The molecule has 0 radical (unpaired) electrons. The zero-order chi connectivity index (χ0) is 27.6. The Labute approximate surface area is 229 Å². The van der Waals surface area contributed by atoms with Crippen molar-refractivity contribution in [2.75, 3.05) is 13.2 Å². The Bertz CT molecular complexity index is 1550. The summed E-state index contributed by atoms with van der Waals surface area (Å²) in [6.45, 7) is 10.5. The predicted molar refractivity (Wildman–Crippen MR) is 155 cm³/mol. The van der Waals surface area contributed by atoms with Gasteiger partial charge >= 0.3 is 0 Å². The fourth-order valence-corrected chi connectivity index (χ4v) is 6.67. The highest BCUT2D eigenvalue weighted by Crippen LogP contribution is 2.46. The Balaban J connectivity index is 1.62. The summed E-state index contributed by atoms with van der Waals surface area (Å²) in [5.74, 6) is 0.676. The lowest BCUT2D eigenvalue weighted by molar-refractivity contribution is 0.271. The SMILES string of the molecule is CCC1=C(C)C2=NC1=CC1=C(C)C3=C(O)CC(=C4NC(=CC5=NC(=C2)C(CO)=C5C)C(C)C4CCCO)C3=N1. The molecule has 7 heteroatoms. The van der Waals surface area contributed by atoms with Crippen molar-refractivity contribution in [3.05, 3.63) is 91.5 Å². The topological polar surface area (TPSA) is 110 Å². The smallest absolute Gasteiger partial charge is 0.106 e. The van der Waals surface area contributed by atoms with E-state index in [1.165, 1.54) is 0 Å². The van der Waals surface area contributed by atoms with Crippen LogP contribution in [0.25, 0.3) is 0 Å². The van der Waals surface area contributed by atoms with Crippen molar-refractivity contribution in [3.8, 4) is 0 Å². The monoisotopic (exact) mass is 524 g/mol. The molecule has 0 aromatic rings. The van der Waals surface area contributed by atoms with E-state index >= 15 is 0 Å². The van der Waals surface area contributed by atoms with Gasteiger partial charge in [-0.15, -0.1) is 0 Å². The molecule has 2 atom stereocenters. The van der Waals surface area contributed by atoms with Crippen LogP contribution in [0.4, 0.5) is 0 Å². The van der Waals surface area contributed by atoms with E-state index in [2.05, 4.69) is 32.2 Å². The van der Waals surface area contributed by atoms with E-state index in [9.17, 15) is 15.3 Å². The molecule has 0 amide bonds. The first-order chi connectivity index (χ1) is 18.8. The van der Waals surface area contributed by atoms with Crippen LogP contribution in [-0.2, 0) is 0 Å². The van der Waals surface area contributed by atoms with E-state index in [1.807, 2.05) is 26.0 Å². The van der Waals surface area contributed by atoms with E-state index in [0.717, 1.165) is 97.5 Å². The zero-order valence-electron chi connectivity index (χ0n) is 23.3. The molecule has 1 aliphatic carbocycles. The fraction of sp³-hybridized carbons (Fsp3) is 0.406. The summed E-state index contributed by atoms with van der Waals surface area (Å²) >= 11 is 0. The molecule has 0 aromatic carbocycles. The fourth-order valence-electron chi connectivity index (χ4n) is 6.67. The van der Waals surface area contributed by atoms with Gasteiger partial charge in [-0.2, -0.15) is 0 Å². The van der Waals surface area contributed by atoms with Crippen molar-refractivity contribution in [1.29, 1.82) is 0 Å². The maximum absolute atomic E-state index is 11.1. The van der Waals surface area contributed by atoms with Gasteiger partial charge in [0.15, 0.2) is 0 Å². The van der Waals surface area contributed by atoms with Gasteiger partial charge < -0.3 is 20.6 Å². The summed E-state index contributed by atoms with van der Waals surface area (Å²) in [7, 11) is 0. The number of nitrogens with zero attached hydrogens (tertiary/aromatic N) is 3. The molecule has 39 heavy (non-hydrogen) atoms. The minimum atomic E-state index is -0.0956. The first-order valence-corrected chi connectivity index (χ1v) is 13.9.